The Morgan fingerprint density at radius 2 is 2.10 bits per heavy atom. The maximum atomic E-state index is 11.6. The number of aromatic nitrogens is 1. The molecule has 3 N–H and O–H groups in total. The van der Waals surface area contributed by atoms with Crippen LogP contribution >= 0.6 is 0 Å². The lowest BCUT2D eigenvalue weighted by atomic mass is 10.1. The number of aliphatic carboxylic acids is 1. The van der Waals surface area contributed by atoms with Gasteiger partial charge >= 0.3 is 5.97 Å². The summed E-state index contributed by atoms with van der Waals surface area (Å²) in [6.45, 7) is 0. The van der Waals surface area contributed by atoms with Crippen molar-refractivity contribution in [1.82, 2.24) is 10.3 Å². The van der Waals surface area contributed by atoms with E-state index in [-0.39, 0.29) is 6.42 Å². The number of rotatable bonds is 7. The smallest absolute Gasteiger partial charge is 0.326 e. The van der Waals surface area contributed by atoms with E-state index in [2.05, 4.69) is 10.3 Å². The van der Waals surface area contributed by atoms with Gasteiger partial charge in [0, 0.05) is 12.4 Å². The first-order valence-electron chi connectivity index (χ1n) is 5.64. The van der Waals surface area contributed by atoms with E-state index in [4.69, 9.17) is 9.66 Å². The topological polar surface area (TPSA) is 134 Å². The van der Waals surface area contributed by atoms with Gasteiger partial charge in [0.15, 0.2) is 0 Å². The third-order valence-electron chi connectivity index (χ3n) is 2.39. The lowest BCUT2D eigenvalue weighted by molar-refractivity contribution is -0.141. The Morgan fingerprint density at radius 1 is 1.40 bits per heavy atom. The van der Waals surface area contributed by atoms with Crippen molar-refractivity contribution in [3.8, 4) is 0 Å². The largest absolute Gasteiger partial charge is 0.480 e. The highest BCUT2D eigenvalue weighted by Crippen LogP contribution is 2.00. The van der Waals surface area contributed by atoms with E-state index in [1.54, 1.807) is 12.1 Å². The standard InChI is InChI=1S/C11H14N2O6S/c14-10(6-8-2-1-4-12-7-8)13-9(11(15)16)3-5-20(17,18)19/h1-2,4,7,9H,3,5-6H2,(H,13,14)(H,15,16)(H,17,18,19)/t9-/m0/s1. The van der Waals surface area contributed by atoms with Crippen LogP contribution in [0.25, 0.3) is 0 Å². The molecular formula is C11H14N2O6S. The average Bonchev–Trinajstić information content (AvgIpc) is 2.34. The predicted octanol–water partition coefficient (Wildman–Crippen LogP) is -0.529. The van der Waals surface area contributed by atoms with Gasteiger partial charge in [0.05, 0.1) is 12.2 Å². The van der Waals surface area contributed by atoms with Gasteiger partial charge in [-0.3, -0.25) is 14.3 Å². The fourth-order valence-corrected chi connectivity index (χ4v) is 1.99. The van der Waals surface area contributed by atoms with Gasteiger partial charge in [-0.05, 0) is 18.1 Å². The van der Waals surface area contributed by atoms with Crippen molar-refractivity contribution >= 4 is 22.0 Å². The molecule has 1 atom stereocenters. The van der Waals surface area contributed by atoms with Crippen LogP contribution in [0.15, 0.2) is 24.5 Å². The number of hydrogen-bond acceptors (Lipinski definition) is 5. The summed E-state index contributed by atoms with van der Waals surface area (Å²) in [4.78, 5) is 26.4. The van der Waals surface area contributed by atoms with Crippen molar-refractivity contribution < 1.29 is 27.7 Å². The van der Waals surface area contributed by atoms with E-state index in [9.17, 15) is 18.0 Å². The van der Waals surface area contributed by atoms with Crippen LogP contribution in [0.2, 0.25) is 0 Å². The highest BCUT2D eigenvalue weighted by molar-refractivity contribution is 7.85. The Bertz CT molecular complexity index is 572. The number of carboxylic acids is 1. The quantitative estimate of drug-likeness (QED) is 0.576. The van der Waals surface area contributed by atoms with Gasteiger partial charge < -0.3 is 10.4 Å². The Labute approximate surface area is 115 Å². The van der Waals surface area contributed by atoms with Gasteiger partial charge in [0.2, 0.25) is 5.91 Å². The molecule has 9 heteroatoms. The number of amides is 1. The molecule has 0 fully saturated rings. The second-order valence-corrected chi connectivity index (χ2v) is 5.64. The Kier molecular flexibility index (Phi) is 5.59. The maximum absolute atomic E-state index is 11.6. The van der Waals surface area contributed by atoms with E-state index in [0.717, 1.165) is 0 Å². The summed E-state index contributed by atoms with van der Waals surface area (Å²) >= 11 is 0. The zero-order chi connectivity index (χ0) is 15.2. The number of hydrogen-bond donors (Lipinski definition) is 3. The highest BCUT2D eigenvalue weighted by Gasteiger charge is 2.22. The van der Waals surface area contributed by atoms with Gasteiger partial charge in [-0.25, -0.2) is 4.79 Å². The Balaban J connectivity index is 2.57. The molecule has 1 heterocycles. The van der Waals surface area contributed by atoms with Crippen molar-refractivity contribution in [2.24, 2.45) is 0 Å². The van der Waals surface area contributed by atoms with Crippen molar-refractivity contribution in [2.45, 2.75) is 18.9 Å². The van der Waals surface area contributed by atoms with E-state index < -0.39 is 40.2 Å². The van der Waals surface area contributed by atoms with Crippen LogP contribution in [-0.2, 0) is 26.1 Å². The van der Waals surface area contributed by atoms with Gasteiger partial charge in [-0.15, -0.1) is 0 Å². The molecule has 0 aliphatic rings. The lowest BCUT2D eigenvalue weighted by Crippen LogP contribution is -2.42. The molecule has 0 aromatic carbocycles. The molecule has 1 amide bonds. The lowest BCUT2D eigenvalue weighted by Gasteiger charge is -2.13. The number of carboxylic acid groups (broad SMARTS) is 1. The third-order valence-corrected chi connectivity index (χ3v) is 3.14. The Hall–Kier alpha value is -2.00. The van der Waals surface area contributed by atoms with Crippen LogP contribution < -0.4 is 5.32 Å². The minimum atomic E-state index is -4.27. The summed E-state index contributed by atoms with van der Waals surface area (Å²) in [6.07, 6.45) is 2.53. The molecule has 8 nitrogen and oxygen atoms in total. The van der Waals surface area contributed by atoms with E-state index in [1.165, 1.54) is 12.4 Å². The molecule has 110 valence electrons. The van der Waals surface area contributed by atoms with Crippen molar-refractivity contribution in [3.63, 3.8) is 0 Å². The van der Waals surface area contributed by atoms with Crippen LogP contribution in [0.5, 0.6) is 0 Å². The molecule has 0 radical (unpaired) electrons. The molecule has 1 rings (SSSR count). The molecule has 20 heavy (non-hydrogen) atoms. The molecule has 0 saturated carbocycles. The second kappa shape index (κ2) is 6.96. The van der Waals surface area contributed by atoms with Crippen LogP contribution in [-0.4, -0.2) is 46.7 Å². The molecule has 1 aromatic heterocycles. The van der Waals surface area contributed by atoms with Crippen LogP contribution in [0, 0.1) is 0 Å². The maximum Gasteiger partial charge on any atom is 0.326 e. The number of pyridine rings is 1. The first-order valence-corrected chi connectivity index (χ1v) is 7.25. The summed E-state index contributed by atoms with van der Waals surface area (Å²) in [5, 5.41) is 11.1. The molecule has 1 aromatic rings. The normalized spacial score (nSPS) is 12.7. The molecule has 0 aliphatic carbocycles. The van der Waals surface area contributed by atoms with Gasteiger partial charge in [-0.1, -0.05) is 6.07 Å². The third kappa shape index (κ3) is 6.25. The van der Waals surface area contributed by atoms with Crippen LogP contribution in [0.4, 0.5) is 0 Å². The summed E-state index contributed by atoms with van der Waals surface area (Å²) in [5.41, 5.74) is 0.601. The van der Waals surface area contributed by atoms with E-state index in [1.807, 2.05) is 0 Å². The second-order valence-electron chi connectivity index (χ2n) is 4.07. The molecular weight excluding hydrogens is 288 g/mol. The fourth-order valence-electron chi connectivity index (χ4n) is 1.46. The highest BCUT2D eigenvalue weighted by atomic mass is 32.2. The van der Waals surface area contributed by atoms with Gasteiger partial charge in [0.1, 0.15) is 6.04 Å². The number of nitrogens with one attached hydrogen (secondary N) is 1. The zero-order valence-corrected chi connectivity index (χ0v) is 11.2. The first kappa shape index (κ1) is 16.1. The minimum Gasteiger partial charge on any atom is -0.480 e. The molecule has 0 aliphatic heterocycles. The monoisotopic (exact) mass is 302 g/mol. The predicted molar refractivity (Wildman–Crippen MR) is 68.5 cm³/mol. The first-order chi connectivity index (χ1) is 9.28. The SMILES string of the molecule is O=C(Cc1cccnc1)N[C@@H](CCS(=O)(=O)O)C(=O)O. The summed E-state index contributed by atoms with van der Waals surface area (Å²) in [6, 6.07) is 1.91. The minimum absolute atomic E-state index is 0.0660. The molecule has 0 bridgehead atoms. The zero-order valence-electron chi connectivity index (χ0n) is 10.4. The number of carbonyl (C=O) groups excluding carboxylic acids is 1. The van der Waals surface area contributed by atoms with Crippen LogP contribution in [0.3, 0.4) is 0 Å². The summed E-state index contributed by atoms with van der Waals surface area (Å²) < 4.78 is 29.7. The van der Waals surface area contributed by atoms with E-state index >= 15 is 0 Å². The summed E-state index contributed by atoms with van der Waals surface area (Å²) in [7, 11) is -4.27. The van der Waals surface area contributed by atoms with Gasteiger partial charge in [-0.2, -0.15) is 8.42 Å². The van der Waals surface area contributed by atoms with Crippen LogP contribution in [0.1, 0.15) is 12.0 Å². The number of nitrogens with zero attached hydrogens (tertiary/aromatic N) is 1. The van der Waals surface area contributed by atoms with Crippen molar-refractivity contribution in [3.05, 3.63) is 30.1 Å². The van der Waals surface area contributed by atoms with Crippen molar-refractivity contribution in [1.29, 1.82) is 0 Å². The average molecular weight is 302 g/mol. The molecule has 0 spiro atoms. The fraction of sp³-hybridized carbons (Fsp3) is 0.364. The van der Waals surface area contributed by atoms with Gasteiger partial charge in [0.25, 0.3) is 10.1 Å². The van der Waals surface area contributed by atoms with Crippen molar-refractivity contribution in [2.75, 3.05) is 5.75 Å². The van der Waals surface area contributed by atoms with E-state index in [0.29, 0.717) is 5.56 Å². The summed E-state index contributed by atoms with van der Waals surface area (Å²) in [5.74, 6) is -2.68. The molecule has 0 saturated heterocycles. The molecule has 0 unspecified atom stereocenters. The number of carbonyl (C=O) groups is 2. The Morgan fingerprint density at radius 3 is 2.60 bits per heavy atom.